The summed E-state index contributed by atoms with van der Waals surface area (Å²) in [5, 5.41) is 8.58. The third kappa shape index (κ3) is 6.17. The number of benzene rings is 9. The Morgan fingerprint density at radius 1 is 0.424 bits per heavy atom. The highest BCUT2D eigenvalue weighted by Crippen LogP contribution is 2.42. The standard InChI is InChI=1S/C60H40N2OS.C2H6/c1-3-12-58-37(2)44-16-10-18-46(60(44)64-58)39-25-31-43(32-26-39)62-54-21-8-5-14-48(54)52-36-41(28-34-56(52)62)40-27-33-55-51(35-40)47-13-4-7-20-53(47)61(55)42-29-23-38(24-30-42)45-17-11-19-50-49-15-6-9-22-57(49)63-59(45)50;1-2/h3-36H,1-2H3;1-2H3/b12-3-;. The van der Waals surface area contributed by atoms with Gasteiger partial charge in [0, 0.05) is 58.8 Å². The lowest BCUT2D eigenvalue weighted by Crippen LogP contribution is -1.94. The van der Waals surface area contributed by atoms with Crippen molar-refractivity contribution in [1.29, 1.82) is 0 Å². The van der Waals surface area contributed by atoms with Crippen molar-refractivity contribution in [3.8, 4) is 44.8 Å². The summed E-state index contributed by atoms with van der Waals surface area (Å²) >= 11 is 1.88. The first-order valence-electron chi connectivity index (χ1n) is 22.9. The molecule has 0 amide bonds. The lowest BCUT2D eigenvalue weighted by molar-refractivity contribution is 0.670. The molecule has 316 valence electrons. The second-order valence-electron chi connectivity index (χ2n) is 16.8. The van der Waals surface area contributed by atoms with Crippen LogP contribution in [0, 0.1) is 6.92 Å². The maximum atomic E-state index is 6.40. The van der Waals surface area contributed by atoms with Gasteiger partial charge >= 0.3 is 0 Å². The molecule has 0 atom stereocenters. The quantitative estimate of drug-likeness (QED) is 0.163. The number of para-hydroxylation sites is 4. The highest BCUT2D eigenvalue weighted by Gasteiger charge is 2.18. The topological polar surface area (TPSA) is 23.0 Å². The Morgan fingerprint density at radius 3 is 1.48 bits per heavy atom. The molecule has 9 aromatic carbocycles. The van der Waals surface area contributed by atoms with Gasteiger partial charge in [0.2, 0.25) is 0 Å². The highest BCUT2D eigenvalue weighted by atomic mass is 32.1. The number of allylic oxidation sites excluding steroid dienone is 1. The Morgan fingerprint density at radius 2 is 0.894 bits per heavy atom. The fraction of sp³-hybridized carbons (Fsp3) is 0.0645. The Hall–Kier alpha value is -7.92. The molecule has 3 nitrogen and oxygen atoms in total. The minimum Gasteiger partial charge on any atom is -0.455 e. The lowest BCUT2D eigenvalue weighted by atomic mass is 10.0. The van der Waals surface area contributed by atoms with E-state index in [1.54, 1.807) is 0 Å². The molecule has 0 N–H and O–H groups in total. The normalized spacial score (nSPS) is 11.9. The molecule has 0 radical (unpaired) electrons. The summed E-state index contributed by atoms with van der Waals surface area (Å²) < 4.78 is 12.6. The van der Waals surface area contributed by atoms with E-state index in [4.69, 9.17) is 4.42 Å². The molecule has 0 fully saturated rings. The number of rotatable bonds is 6. The van der Waals surface area contributed by atoms with Crippen molar-refractivity contribution in [2.75, 3.05) is 0 Å². The van der Waals surface area contributed by atoms with E-state index in [0.29, 0.717) is 0 Å². The largest absolute Gasteiger partial charge is 0.455 e. The van der Waals surface area contributed by atoms with Gasteiger partial charge in [0.25, 0.3) is 0 Å². The van der Waals surface area contributed by atoms with Crippen LogP contribution < -0.4 is 0 Å². The third-order valence-corrected chi connectivity index (χ3v) is 14.6. The molecule has 4 aromatic heterocycles. The van der Waals surface area contributed by atoms with Gasteiger partial charge in [-0.1, -0.05) is 147 Å². The number of thiophene rings is 1. The lowest BCUT2D eigenvalue weighted by Gasteiger charge is -2.11. The third-order valence-electron chi connectivity index (χ3n) is 13.3. The average molecular weight is 867 g/mol. The summed E-state index contributed by atoms with van der Waals surface area (Å²) in [6, 6.07) is 70.9. The van der Waals surface area contributed by atoms with Crippen LogP contribution in [0.5, 0.6) is 0 Å². The van der Waals surface area contributed by atoms with Crippen LogP contribution in [0.4, 0.5) is 0 Å². The first-order chi connectivity index (χ1) is 32.6. The molecule has 0 bridgehead atoms. The Labute approximate surface area is 387 Å². The maximum Gasteiger partial charge on any atom is 0.143 e. The molecule has 66 heavy (non-hydrogen) atoms. The molecular formula is C62H46N2OS. The fourth-order valence-electron chi connectivity index (χ4n) is 10.2. The smallest absolute Gasteiger partial charge is 0.143 e. The van der Waals surface area contributed by atoms with E-state index in [9.17, 15) is 0 Å². The Bertz CT molecular complexity index is 4020. The number of hydrogen-bond acceptors (Lipinski definition) is 2. The summed E-state index contributed by atoms with van der Waals surface area (Å²) in [6.07, 6.45) is 4.36. The molecule has 4 heterocycles. The minimum absolute atomic E-state index is 0.914. The summed E-state index contributed by atoms with van der Waals surface area (Å²) in [5.41, 5.74) is 17.4. The summed E-state index contributed by atoms with van der Waals surface area (Å²) in [7, 11) is 0. The molecule has 0 spiro atoms. The number of hydrogen-bond donors (Lipinski definition) is 0. The maximum absolute atomic E-state index is 6.40. The minimum atomic E-state index is 0.914. The molecule has 0 aliphatic heterocycles. The monoisotopic (exact) mass is 866 g/mol. The van der Waals surface area contributed by atoms with E-state index < -0.39 is 0 Å². The van der Waals surface area contributed by atoms with Crippen molar-refractivity contribution in [3.05, 3.63) is 211 Å². The van der Waals surface area contributed by atoms with Crippen molar-refractivity contribution < 1.29 is 4.42 Å². The molecule has 0 unspecified atom stereocenters. The SMILES string of the molecule is C/C=C\c1sc2c(-c3ccc(-n4c5ccccc5c5cc(-c6ccc7c(c6)c6ccccc6n7-c6ccc(-c7cccc8c7oc7ccccc78)cc6)ccc54)cc3)cccc2c1C.CC. The van der Waals surface area contributed by atoms with Gasteiger partial charge in [-0.2, -0.15) is 0 Å². The highest BCUT2D eigenvalue weighted by molar-refractivity contribution is 7.20. The molecule has 0 saturated carbocycles. The molecule has 4 heteroatoms. The zero-order valence-corrected chi connectivity index (χ0v) is 38.2. The number of fused-ring (bicyclic) bond motifs is 10. The zero-order chi connectivity index (χ0) is 44.5. The van der Waals surface area contributed by atoms with Crippen molar-refractivity contribution in [2.24, 2.45) is 0 Å². The number of aromatic nitrogens is 2. The number of nitrogens with zero attached hydrogens (tertiary/aromatic N) is 2. The summed E-state index contributed by atoms with van der Waals surface area (Å²) in [6.45, 7) is 8.32. The molecule has 13 aromatic rings. The number of furan rings is 1. The molecule has 0 aliphatic carbocycles. The average Bonchev–Trinajstić information content (AvgIpc) is 4.12. The Balaban J connectivity index is 0.00000225. The van der Waals surface area contributed by atoms with E-state index >= 15 is 0 Å². The van der Waals surface area contributed by atoms with Crippen molar-refractivity contribution in [1.82, 2.24) is 9.13 Å². The van der Waals surface area contributed by atoms with Gasteiger partial charge in [0.15, 0.2) is 0 Å². The van der Waals surface area contributed by atoms with Gasteiger partial charge in [0.05, 0.1) is 22.1 Å². The predicted molar refractivity (Wildman–Crippen MR) is 285 cm³/mol. The van der Waals surface area contributed by atoms with Crippen LogP contribution in [0.2, 0.25) is 0 Å². The van der Waals surface area contributed by atoms with Crippen LogP contribution in [0.15, 0.2) is 205 Å². The first kappa shape index (κ1) is 39.7. The van der Waals surface area contributed by atoms with E-state index in [2.05, 4.69) is 217 Å². The predicted octanol–water partition coefficient (Wildman–Crippen LogP) is 18.4. The van der Waals surface area contributed by atoms with Gasteiger partial charge in [-0.25, -0.2) is 0 Å². The first-order valence-corrected chi connectivity index (χ1v) is 23.8. The van der Waals surface area contributed by atoms with Crippen molar-refractivity contribution >= 4 is 93.0 Å². The van der Waals surface area contributed by atoms with E-state index in [-0.39, 0.29) is 0 Å². The second-order valence-corrected chi connectivity index (χ2v) is 17.9. The molecule has 0 aliphatic rings. The second kappa shape index (κ2) is 16.0. The van der Waals surface area contributed by atoms with E-state index in [1.165, 1.54) is 86.4 Å². The summed E-state index contributed by atoms with van der Waals surface area (Å²) in [4.78, 5) is 1.33. The van der Waals surface area contributed by atoms with Crippen LogP contribution in [0.1, 0.15) is 31.2 Å². The van der Waals surface area contributed by atoms with Crippen LogP contribution in [0.25, 0.3) is 126 Å². The van der Waals surface area contributed by atoms with Gasteiger partial charge < -0.3 is 13.6 Å². The Kier molecular flexibility index (Phi) is 9.58. The van der Waals surface area contributed by atoms with Crippen molar-refractivity contribution in [2.45, 2.75) is 27.7 Å². The van der Waals surface area contributed by atoms with Crippen LogP contribution in [0.3, 0.4) is 0 Å². The fourth-order valence-corrected chi connectivity index (χ4v) is 11.5. The zero-order valence-electron chi connectivity index (χ0n) is 37.3. The number of aryl methyl sites for hydroxylation is 1. The van der Waals surface area contributed by atoms with Gasteiger partial charge in [-0.3, -0.25) is 0 Å². The van der Waals surface area contributed by atoms with Gasteiger partial charge in [-0.05, 0) is 125 Å². The van der Waals surface area contributed by atoms with E-state index in [1.807, 2.05) is 37.3 Å². The van der Waals surface area contributed by atoms with E-state index in [0.717, 1.165) is 44.4 Å². The molecular weight excluding hydrogens is 821 g/mol. The van der Waals surface area contributed by atoms with Gasteiger partial charge in [0.1, 0.15) is 11.2 Å². The van der Waals surface area contributed by atoms with Crippen molar-refractivity contribution in [3.63, 3.8) is 0 Å². The summed E-state index contributed by atoms with van der Waals surface area (Å²) in [5.74, 6) is 0. The van der Waals surface area contributed by atoms with Gasteiger partial charge in [-0.15, -0.1) is 11.3 Å². The molecule has 0 saturated heterocycles. The van der Waals surface area contributed by atoms with Crippen LogP contribution in [-0.2, 0) is 0 Å². The van der Waals surface area contributed by atoms with Crippen LogP contribution >= 0.6 is 11.3 Å². The molecule has 13 rings (SSSR count). The van der Waals surface area contributed by atoms with Crippen LogP contribution in [-0.4, -0.2) is 9.13 Å².